The van der Waals surface area contributed by atoms with Gasteiger partial charge in [0, 0.05) is 37.5 Å². The topological polar surface area (TPSA) is 91.1 Å². The van der Waals surface area contributed by atoms with Gasteiger partial charge in [-0.2, -0.15) is 0 Å². The van der Waals surface area contributed by atoms with E-state index in [-0.39, 0.29) is 30.5 Å². The van der Waals surface area contributed by atoms with Gasteiger partial charge in [0.05, 0.1) is 29.2 Å². The first-order chi connectivity index (χ1) is 16.3. The molecule has 4 rings (SSSR count). The summed E-state index contributed by atoms with van der Waals surface area (Å²) in [5, 5.41) is 0. The minimum atomic E-state index is -1.32. The third-order valence-corrected chi connectivity index (χ3v) is 5.36. The number of H-pyrrole nitrogens is 2. The maximum absolute atomic E-state index is 14.0. The van der Waals surface area contributed by atoms with E-state index in [2.05, 4.69) is 15.0 Å². The van der Waals surface area contributed by atoms with E-state index in [0.717, 1.165) is 11.0 Å². The Labute approximate surface area is 192 Å². The van der Waals surface area contributed by atoms with E-state index >= 15 is 0 Å². The Bertz CT molecular complexity index is 1310. The van der Waals surface area contributed by atoms with Crippen LogP contribution in [-0.4, -0.2) is 51.3 Å². The third kappa shape index (κ3) is 4.72. The summed E-state index contributed by atoms with van der Waals surface area (Å²) >= 11 is 0. The monoisotopic (exact) mass is 470 g/mol. The van der Waals surface area contributed by atoms with Crippen molar-refractivity contribution < 1.29 is 27.5 Å². The molecule has 2 aromatic carbocycles. The number of amides is 1. The average Bonchev–Trinajstić information content (AvgIpc) is 3.44. The Kier molecular flexibility index (Phi) is 6.51. The molecule has 176 valence electrons. The summed E-state index contributed by atoms with van der Waals surface area (Å²) < 4.78 is 46.6. The van der Waals surface area contributed by atoms with Crippen LogP contribution in [0.15, 0.2) is 48.7 Å². The van der Waals surface area contributed by atoms with Gasteiger partial charge in [0.1, 0.15) is 29.0 Å². The van der Waals surface area contributed by atoms with E-state index in [1.54, 1.807) is 6.92 Å². The third-order valence-electron chi connectivity index (χ3n) is 5.36. The first kappa shape index (κ1) is 23.2. The molecule has 1 amide bonds. The maximum Gasteiger partial charge on any atom is 0.270 e. The molecule has 34 heavy (non-hydrogen) atoms. The van der Waals surface area contributed by atoms with Crippen molar-refractivity contribution in [2.75, 3.05) is 13.7 Å². The van der Waals surface area contributed by atoms with Crippen LogP contribution in [0.4, 0.5) is 13.2 Å². The van der Waals surface area contributed by atoms with E-state index in [1.807, 2.05) is 24.3 Å². The molecule has 2 aromatic heterocycles. The lowest BCUT2D eigenvalue weighted by Gasteiger charge is -2.24. The van der Waals surface area contributed by atoms with Crippen molar-refractivity contribution >= 4 is 22.7 Å². The number of carbonyl (C=O) groups excluding carboxylic acids is 2. The van der Waals surface area contributed by atoms with Crippen LogP contribution in [-0.2, 0) is 11.3 Å². The lowest BCUT2D eigenvalue weighted by atomic mass is 10.0. The molecule has 0 saturated heterocycles. The van der Waals surface area contributed by atoms with Gasteiger partial charge in [0.25, 0.3) is 5.91 Å². The summed E-state index contributed by atoms with van der Waals surface area (Å²) in [6.07, 6.45) is 0.878. The SMILES string of the molecule is COC(C)CN(Cc1nc2ccccc2[nH]1)C(=O)c1cc(C(=O)c2c(F)cc(F)cc2F)c[nH]1. The van der Waals surface area contributed by atoms with Gasteiger partial charge >= 0.3 is 0 Å². The number of hydrogen-bond acceptors (Lipinski definition) is 4. The fourth-order valence-electron chi connectivity index (χ4n) is 3.59. The molecule has 0 aliphatic heterocycles. The molecule has 0 saturated carbocycles. The number of aromatic amines is 2. The Morgan fingerprint density at radius 3 is 2.50 bits per heavy atom. The quantitative estimate of drug-likeness (QED) is 0.378. The highest BCUT2D eigenvalue weighted by molar-refractivity contribution is 6.10. The molecule has 0 bridgehead atoms. The highest BCUT2D eigenvalue weighted by atomic mass is 19.1. The van der Waals surface area contributed by atoms with Crippen LogP contribution in [0.25, 0.3) is 11.0 Å². The normalized spacial score (nSPS) is 12.1. The number of rotatable bonds is 8. The zero-order valence-electron chi connectivity index (χ0n) is 18.4. The predicted molar refractivity (Wildman–Crippen MR) is 118 cm³/mol. The number of carbonyl (C=O) groups is 2. The number of ether oxygens (including phenoxy) is 1. The van der Waals surface area contributed by atoms with Crippen LogP contribution in [0.5, 0.6) is 0 Å². The highest BCUT2D eigenvalue weighted by Crippen LogP contribution is 2.21. The van der Waals surface area contributed by atoms with E-state index in [9.17, 15) is 22.8 Å². The van der Waals surface area contributed by atoms with Crippen LogP contribution < -0.4 is 0 Å². The van der Waals surface area contributed by atoms with Crippen LogP contribution in [0.2, 0.25) is 0 Å². The molecule has 2 N–H and O–H groups in total. The zero-order valence-corrected chi connectivity index (χ0v) is 18.4. The number of methoxy groups -OCH3 is 1. The van der Waals surface area contributed by atoms with Crippen molar-refractivity contribution in [2.24, 2.45) is 0 Å². The number of aromatic nitrogens is 3. The lowest BCUT2D eigenvalue weighted by molar-refractivity contribution is 0.0510. The molecule has 0 fully saturated rings. The van der Waals surface area contributed by atoms with Gasteiger partial charge in [-0.15, -0.1) is 0 Å². The average molecular weight is 470 g/mol. The van der Waals surface area contributed by atoms with Gasteiger partial charge in [-0.3, -0.25) is 9.59 Å². The van der Waals surface area contributed by atoms with Gasteiger partial charge < -0.3 is 19.6 Å². The van der Waals surface area contributed by atoms with Crippen molar-refractivity contribution in [3.05, 3.63) is 88.8 Å². The van der Waals surface area contributed by atoms with E-state index in [4.69, 9.17) is 4.74 Å². The Balaban J connectivity index is 1.60. The molecule has 2 heterocycles. The fourth-order valence-corrected chi connectivity index (χ4v) is 3.59. The largest absolute Gasteiger partial charge is 0.380 e. The van der Waals surface area contributed by atoms with E-state index < -0.39 is 34.7 Å². The molecule has 1 atom stereocenters. The van der Waals surface area contributed by atoms with E-state index in [0.29, 0.717) is 18.0 Å². The number of para-hydroxylation sites is 2. The number of halogens is 3. The van der Waals surface area contributed by atoms with Crippen molar-refractivity contribution in [1.82, 2.24) is 19.9 Å². The van der Waals surface area contributed by atoms with Crippen molar-refractivity contribution in [3.63, 3.8) is 0 Å². The Morgan fingerprint density at radius 2 is 1.82 bits per heavy atom. The Morgan fingerprint density at radius 1 is 1.12 bits per heavy atom. The van der Waals surface area contributed by atoms with Crippen LogP contribution in [0.1, 0.15) is 39.2 Å². The standard InChI is InChI=1S/C24H21F3N4O3/c1-13(34-2)11-31(12-21-29-18-5-3-4-6-19(18)30-21)24(33)20-7-14(10-28-20)23(32)22-16(26)8-15(25)9-17(22)27/h3-10,13,28H,11-12H2,1-2H3,(H,29,30). The molecule has 0 spiro atoms. The van der Waals surface area contributed by atoms with Crippen molar-refractivity contribution in [2.45, 2.75) is 19.6 Å². The number of nitrogens with one attached hydrogen (secondary N) is 2. The molecule has 0 aliphatic rings. The van der Waals surface area contributed by atoms with Crippen molar-refractivity contribution in [3.8, 4) is 0 Å². The number of benzene rings is 2. The number of fused-ring (bicyclic) bond motifs is 1. The molecular weight excluding hydrogens is 449 g/mol. The van der Waals surface area contributed by atoms with Gasteiger partial charge in [-0.25, -0.2) is 18.2 Å². The molecule has 0 radical (unpaired) electrons. The number of hydrogen-bond donors (Lipinski definition) is 2. The summed E-state index contributed by atoms with van der Waals surface area (Å²) in [5.41, 5.74) is 0.565. The lowest BCUT2D eigenvalue weighted by Crippen LogP contribution is -2.37. The highest BCUT2D eigenvalue weighted by Gasteiger charge is 2.25. The van der Waals surface area contributed by atoms with Gasteiger partial charge in [0.2, 0.25) is 0 Å². The van der Waals surface area contributed by atoms with Crippen molar-refractivity contribution in [1.29, 1.82) is 0 Å². The smallest absolute Gasteiger partial charge is 0.270 e. The fraction of sp³-hybridized carbons (Fsp3) is 0.208. The maximum atomic E-state index is 14.0. The summed E-state index contributed by atoms with van der Waals surface area (Å²) in [7, 11) is 1.52. The molecule has 10 heteroatoms. The summed E-state index contributed by atoms with van der Waals surface area (Å²) in [5.74, 6) is -4.71. The zero-order chi connectivity index (χ0) is 24.4. The van der Waals surface area contributed by atoms with Gasteiger partial charge in [0.15, 0.2) is 5.78 Å². The summed E-state index contributed by atoms with van der Waals surface area (Å²) in [6.45, 7) is 2.14. The van der Waals surface area contributed by atoms with Crippen LogP contribution in [0.3, 0.4) is 0 Å². The minimum absolute atomic E-state index is 0.0330. The Hall–Kier alpha value is -3.92. The molecule has 0 aliphatic carbocycles. The second-order valence-electron chi connectivity index (χ2n) is 7.81. The second kappa shape index (κ2) is 9.52. The first-order valence-electron chi connectivity index (χ1n) is 10.4. The number of ketones is 1. The molecular formula is C24H21F3N4O3. The van der Waals surface area contributed by atoms with E-state index in [1.165, 1.54) is 24.3 Å². The first-order valence-corrected chi connectivity index (χ1v) is 10.4. The predicted octanol–water partition coefficient (Wildman–Crippen LogP) is 4.22. The molecule has 7 nitrogen and oxygen atoms in total. The number of imidazole rings is 1. The second-order valence-corrected chi connectivity index (χ2v) is 7.81. The minimum Gasteiger partial charge on any atom is -0.380 e. The molecule has 1 unspecified atom stereocenters. The summed E-state index contributed by atoms with van der Waals surface area (Å²) in [4.78, 5) is 37.7. The van der Waals surface area contributed by atoms with Gasteiger partial charge in [-0.05, 0) is 25.1 Å². The van der Waals surface area contributed by atoms with Gasteiger partial charge in [-0.1, -0.05) is 12.1 Å². The number of nitrogens with zero attached hydrogens (tertiary/aromatic N) is 2. The van der Waals surface area contributed by atoms with Crippen LogP contribution >= 0.6 is 0 Å². The van der Waals surface area contributed by atoms with Crippen LogP contribution in [0, 0.1) is 17.5 Å². The summed E-state index contributed by atoms with van der Waals surface area (Å²) in [6, 6.07) is 9.49. The molecule has 4 aromatic rings.